The Labute approximate surface area is 188 Å². The van der Waals surface area contributed by atoms with Crippen LogP contribution >= 0.6 is 11.6 Å². The van der Waals surface area contributed by atoms with E-state index in [2.05, 4.69) is 4.98 Å². The van der Waals surface area contributed by atoms with E-state index in [0.717, 1.165) is 28.8 Å². The first-order valence-electron chi connectivity index (χ1n) is 10.0. The molecule has 0 unspecified atom stereocenters. The molecule has 0 radical (unpaired) electrons. The summed E-state index contributed by atoms with van der Waals surface area (Å²) in [6.45, 7) is 2.73. The average molecular weight is 460 g/mol. The van der Waals surface area contributed by atoms with Crippen LogP contribution in [0, 0.1) is 11.6 Å². The number of rotatable bonds is 5. The minimum absolute atomic E-state index is 0.0318. The molecule has 0 atom stereocenters. The third kappa shape index (κ3) is 4.50. The van der Waals surface area contributed by atoms with Crippen LogP contribution < -0.4 is 10.3 Å². The SMILES string of the molecule is CC(=O)N1CCc2c(cccc2Cn2cnc(OCc3ccc(F)cc3F)c(Cl)c2=O)C1. The zero-order chi connectivity index (χ0) is 22.8. The number of nitrogens with zero attached hydrogens (tertiary/aromatic N) is 3. The summed E-state index contributed by atoms with van der Waals surface area (Å²) in [5.41, 5.74) is 2.74. The first-order chi connectivity index (χ1) is 15.3. The van der Waals surface area contributed by atoms with Crippen LogP contribution in [0.5, 0.6) is 5.88 Å². The topological polar surface area (TPSA) is 64.4 Å². The maximum atomic E-state index is 13.8. The lowest BCUT2D eigenvalue weighted by Gasteiger charge is -2.29. The van der Waals surface area contributed by atoms with Crippen LogP contribution in [0.25, 0.3) is 0 Å². The molecule has 0 fully saturated rings. The lowest BCUT2D eigenvalue weighted by Crippen LogP contribution is -2.35. The van der Waals surface area contributed by atoms with E-state index in [9.17, 15) is 18.4 Å². The van der Waals surface area contributed by atoms with Crippen molar-refractivity contribution >= 4 is 17.5 Å². The van der Waals surface area contributed by atoms with E-state index < -0.39 is 17.2 Å². The Kier molecular flexibility index (Phi) is 6.23. The first-order valence-corrected chi connectivity index (χ1v) is 10.4. The molecule has 0 bridgehead atoms. The summed E-state index contributed by atoms with van der Waals surface area (Å²) in [7, 11) is 0. The minimum atomic E-state index is -0.758. The number of carbonyl (C=O) groups is 1. The van der Waals surface area contributed by atoms with Crippen molar-refractivity contribution in [3.63, 3.8) is 0 Å². The van der Waals surface area contributed by atoms with Crippen molar-refractivity contribution in [3.8, 4) is 5.88 Å². The van der Waals surface area contributed by atoms with Crippen LogP contribution in [0.4, 0.5) is 8.78 Å². The van der Waals surface area contributed by atoms with Crippen molar-refractivity contribution in [2.24, 2.45) is 0 Å². The number of ether oxygens (including phenoxy) is 1. The van der Waals surface area contributed by atoms with E-state index in [1.165, 1.54) is 17.0 Å². The highest BCUT2D eigenvalue weighted by Gasteiger charge is 2.21. The molecule has 0 aliphatic carbocycles. The summed E-state index contributed by atoms with van der Waals surface area (Å²) in [6.07, 6.45) is 2.03. The number of aromatic nitrogens is 2. The third-order valence-electron chi connectivity index (χ3n) is 5.48. The van der Waals surface area contributed by atoms with Gasteiger partial charge in [-0.2, -0.15) is 0 Å². The molecule has 6 nitrogen and oxygen atoms in total. The molecule has 2 aromatic carbocycles. The van der Waals surface area contributed by atoms with Crippen LogP contribution in [0.2, 0.25) is 5.02 Å². The smallest absolute Gasteiger partial charge is 0.276 e. The monoisotopic (exact) mass is 459 g/mol. The second-order valence-corrected chi connectivity index (χ2v) is 7.94. The first kappa shape index (κ1) is 22.0. The van der Waals surface area contributed by atoms with Gasteiger partial charge in [0.1, 0.15) is 24.6 Å². The van der Waals surface area contributed by atoms with Gasteiger partial charge in [-0.05, 0) is 35.2 Å². The predicted molar refractivity (Wildman–Crippen MR) is 115 cm³/mol. The summed E-state index contributed by atoms with van der Waals surface area (Å²) < 4.78 is 33.6. The lowest BCUT2D eigenvalue weighted by molar-refractivity contribution is -0.129. The Morgan fingerprint density at radius 1 is 1.22 bits per heavy atom. The van der Waals surface area contributed by atoms with Gasteiger partial charge in [-0.25, -0.2) is 13.8 Å². The Bertz CT molecular complexity index is 1250. The molecule has 32 heavy (non-hydrogen) atoms. The Morgan fingerprint density at radius 2 is 2.03 bits per heavy atom. The standard InChI is InChI=1S/C23H20ClF2N3O3/c1-14(30)28-8-7-19-15(10-28)3-2-4-16(19)11-29-13-27-22(21(24)23(29)31)32-12-17-5-6-18(25)9-20(17)26/h2-6,9,13H,7-8,10-12H2,1H3. The van der Waals surface area contributed by atoms with E-state index in [1.54, 1.807) is 11.8 Å². The van der Waals surface area contributed by atoms with Gasteiger partial charge in [0.15, 0.2) is 5.02 Å². The third-order valence-corrected chi connectivity index (χ3v) is 5.80. The van der Waals surface area contributed by atoms with Gasteiger partial charge in [-0.3, -0.25) is 14.2 Å². The average Bonchev–Trinajstić information content (AvgIpc) is 2.77. The molecule has 1 aliphatic heterocycles. The minimum Gasteiger partial charge on any atom is -0.471 e. The largest absolute Gasteiger partial charge is 0.471 e. The summed E-state index contributed by atoms with van der Waals surface area (Å²) >= 11 is 6.17. The van der Waals surface area contributed by atoms with Gasteiger partial charge in [0.2, 0.25) is 11.8 Å². The molecule has 3 aromatic rings. The molecular weight excluding hydrogens is 440 g/mol. The van der Waals surface area contributed by atoms with Crippen LogP contribution in [-0.2, 0) is 30.9 Å². The number of carbonyl (C=O) groups excluding carboxylic acids is 1. The van der Waals surface area contributed by atoms with Crippen molar-refractivity contribution in [3.05, 3.63) is 92.0 Å². The van der Waals surface area contributed by atoms with E-state index in [1.807, 2.05) is 18.2 Å². The lowest BCUT2D eigenvalue weighted by atomic mass is 9.94. The maximum absolute atomic E-state index is 13.8. The predicted octanol–water partition coefficient (Wildman–Crippen LogP) is 3.71. The second kappa shape index (κ2) is 9.08. The van der Waals surface area contributed by atoms with Crippen molar-refractivity contribution in [1.82, 2.24) is 14.5 Å². The zero-order valence-corrected chi connectivity index (χ0v) is 18.0. The summed E-state index contributed by atoms with van der Waals surface area (Å²) in [6, 6.07) is 8.93. The number of hydrogen-bond acceptors (Lipinski definition) is 4. The fourth-order valence-electron chi connectivity index (χ4n) is 3.74. The summed E-state index contributed by atoms with van der Waals surface area (Å²) in [5.74, 6) is -1.54. The van der Waals surface area contributed by atoms with E-state index in [4.69, 9.17) is 16.3 Å². The number of hydrogen-bond donors (Lipinski definition) is 0. The Hall–Kier alpha value is -3.26. The molecule has 4 rings (SSSR count). The number of fused-ring (bicyclic) bond motifs is 1. The highest BCUT2D eigenvalue weighted by atomic mass is 35.5. The highest BCUT2D eigenvalue weighted by Crippen LogP contribution is 2.24. The molecule has 2 heterocycles. The number of halogens is 3. The second-order valence-electron chi connectivity index (χ2n) is 7.57. The van der Waals surface area contributed by atoms with Gasteiger partial charge in [0, 0.05) is 31.6 Å². The van der Waals surface area contributed by atoms with Crippen LogP contribution in [0.3, 0.4) is 0 Å². The maximum Gasteiger partial charge on any atom is 0.276 e. The van der Waals surface area contributed by atoms with Crippen molar-refractivity contribution in [2.45, 2.75) is 33.0 Å². The van der Waals surface area contributed by atoms with E-state index in [-0.39, 0.29) is 35.5 Å². The van der Waals surface area contributed by atoms with Gasteiger partial charge in [0.05, 0.1) is 6.54 Å². The van der Waals surface area contributed by atoms with Crippen LogP contribution in [0.1, 0.15) is 29.2 Å². The molecule has 0 saturated heterocycles. The molecule has 1 aliphatic rings. The van der Waals surface area contributed by atoms with Crippen LogP contribution in [0.15, 0.2) is 47.5 Å². The van der Waals surface area contributed by atoms with E-state index >= 15 is 0 Å². The van der Waals surface area contributed by atoms with Gasteiger partial charge in [-0.15, -0.1) is 0 Å². The number of amides is 1. The van der Waals surface area contributed by atoms with Gasteiger partial charge in [0.25, 0.3) is 5.56 Å². The fraction of sp³-hybridized carbons (Fsp3) is 0.261. The summed E-state index contributed by atoms with van der Waals surface area (Å²) in [4.78, 5) is 30.3. The molecule has 166 valence electrons. The zero-order valence-electron chi connectivity index (χ0n) is 17.3. The van der Waals surface area contributed by atoms with Crippen molar-refractivity contribution in [2.75, 3.05) is 6.54 Å². The summed E-state index contributed by atoms with van der Waals surface area (Å²) in [5, 5.41) is -0.220. The van der Waals surface area contributed by atoms with Gasteiger partial charge >= 0.3 is 0 Å². The fourth-order valence-corrected chi connectivity index (χ4v) is 3.95. The quantitative estimate of drug-likeness (QED) is 0.583. The van der Waals surface area contributed by atoms with Gasteiger partial charge in [-0.1, -0.05) is 29.8 Å². The molecule has 9 heteroatoms. The highest BCUT2D eigenvalue weighted by molar-refractivity contribution is 6.31. The van der Waals surface area contributed by atoms with Gasteiger partial charge < -0.3 is 9.64 Å². The molecule has 1 amide bonds. The molecule has 0 N–H and O–H groups in total. The van der Waals surface area contributed by atoms with Crippen molar-refractivity contribution < 1.29 is 18.3 Å². The molecule has 1 aromatic heterocycles. The Morgan fingerprint density at radius 3 is 2.78 bits per heavy atom. The molecular formula is C23H20ClF2N3O3. The normalized spacial score (nSPS) is 13.1. The molecule has 0 saturated carbocycles. The number of benzene rings is 2. The van der Waals surface area contributed by atoms with Crippen LogP contribution in [-0.4, -0.2) is 26.9 Å². The van der Waals surface area contributed by atoms with Crippen molar-refractivity contribution in [1.29, 1.82) is 0 Å². The molecule has 0 spiro atoms. The van der Waals surface area contributed by atoms with E-state index in [0.29, 0.717) is 19.5 Å². The Balaban J connectivity index is 1.53.